The van der Waals surface area contributed by atoms with E-state index in [0.717, 1.165) is 0 Å². The molecule has 0 aromatic heterocycles. The van der Waals surface area contributed by atoms with Gasteiger partial charge in [-0.25, -0.2) is 0 Å². The fraction of sp³-hybridized carbons (Fsp3) is 0.625. The molecule has 8 bridgehead atoms. The standard InChI is InChI=1S/C64H28F68O8/c65-33(66,37(73,74)41(81,82)45(89,90)49(97,98)53(105,106)57(113,114)61(121,122)123)9-21-13-1-14(26(134)5-25(13)133)22(10-34(67,68)38(75,76)42(83,84)46(91,92)50(99,100)54(107,108)58(115,116)62(124,125)126)16-3-18(30(138)7-28(16)136)24(12-36(71,72)40(79,80)44(87,88)48(95,96)52(103,104)56(111,112)60(119,120)64(130,131)132)20-4-19(31(139)8-32(20)140)23(17-2-15(21)27(135)6-29(17)137)11-35(69,70)39(77,78)43(85,86)47(93,94)51(101,102)55(109,110)59(117,118)63(127,128)129/h1-8,21-24,133-140H,9-12H2. The molecule has 8 nitrogen and oxygen atoms in total. The second-order valence-corrected chi connectivity index (χ2v) is 29.5. The van der Waals surface area contributed by atoms with Crippen LogP contribution >= 0.6 is 0 Å². The molecule has 0 saturated carbocycles. The van der Waals surface area contributed by atoms with E-state index in [4.69, 9.17) is 0 Å². The molecule has 4 aromatic carbocycles. The number of hydrogen-bond donors (Lipinski definition) is 8. The molecule has 76 heteroatoms. The third-order valence-electron chi connectivity index (χ3n) is 20.7. The number of rotatable bonds is 32. The van der Waals surface area contributed by atoms with Gasteiger partial charge in [0.25, 0.3) is 0 Å². The molecule has 0 spiro atoms. The van der Waals surface area contributed by atoms with Gasteiger partial charge in [-0.1, -0.05) is 0 Å². The van der Waals surface area contributed by atoms with Gasteiger partial charge in [0.1, 0.15) is 46.0 Å². The number of phenols is 8. The van der Waals surface area contributed by atoms with Gasteiger partial charge < -0.3 is 40.9 Å². The lowest BCUT2D eigenvalue weighted by molar-refractivity contribution is -0.461. The molecule has 0 unspecified atom stereocenters. The Kier molecular flexibility index (Phi) is 28.5. The third kappa shape index (κ3) is 16.3. The second kappa shape index (κ2) is 33.0. The highest BCUT2D eigenvalue weighted by Gasteiger charge is 3.01. The Hall–Kier alpha value is -9.48. The summed E-state index contributed by atoms with van der Waals surface area (Å²) in [5, 5.41) is 89.6. The van der Waals surface area contributed by atoms with E-state index < -0.39 is 379 Å². The number of hydrogen-bond acceptors (Lipinski definition) is 8. The van der Waals surface area contributed by atoms with Gasteiger partial charge in [-0.05, 0) is 24.3 Å². The first kappa shape index (κ1) is 121. The van der Waals surface area contributed by atoms with Crippen molar-refractivity contribution in [1.82, 2.24) is 0 Å². The summed E-state index contributed by atoms with van der Waals surface area (Å²) in [5.41, 5.74) is -28.5. The molecule has 0 fully saturated rings. The lowest BCUT2D eigenvalue weighted by atomic mass is 9.74. The number of alkyl halides is 68. The van der Waals surface area contributed by atoms with Crippen molar-refractivity contribution in [3.63, 3.8) is 0 Å². The zero-order valence-electron chi connectivity index (χ0n) is 63.0. The highest BCUT2D eigenvalue weighted by Crippen LogP contribution is 2.73. The van der Waals surface area contributed by atoms with Crippen LogP contribution in [0.25, 0.3) is 0 Å². The highest BCUT2D eigenvalue weighted by molar-refractivity contribution is 5.63. The smallest absolute Gasteiger partial charge is 0.460 e. The molecule has 1 aliphatic carbocycles. The zero-order valence-corrected chi connectivity index (χ0v) is 63.0. The van der Waals surface area contributed by atoms with Crippen LogP contribution in [0.4, 0.5) is 299 Å². The van der Waals surface area contributed by atoms with Crippen molar-refractivity contribution in [1.29, 1.82) is 0 Å². The van der Waals surface area contributed by atoms with Crippen molar-refractivity contribution in [3.05, 3.63) is 93.0 Å². The van der Waals surface area contributed by atoms with Gasteiger partial charge in [0, 0.05) is 118 Å². The van der Waals surface area contributed by atoms with Crippen LogP contribution < -0.4 is 0 Å². The Labute approximate surface area is 718 Å². The van der Waals surface area contributed by atoms with Crippen LogP contribution in [0.1, 0.15) is 93.9 Å². The Morgan fingerprint density at radius 2 is 0.200 bits per heavy atom. The minimum Gasteiger partial charge on any atom is -0.508 e. The molecule has 0 radical (unpaired) electrons. The Morgan fingerprint density at radius 3 is 0.286 bits per heavy atom. The average molecular weight is 2220 g/mol. The quantitative estimate of drug-likeness (QED) is 0.0224. The van der Waals surface area contributed by atoms with Crippen molar-refractivity contribution >= 4 is 0 Å². The summed E-state index contributed by atoms with van der Waals surface area (Å²) in [6.07, 6.45) is -55.4. The van der Waals surface area contributed by atoms with Gasteiger partial charge >= 0.3 is 191 Å². The largest absolute Gasteiger partial charge is 0.508 e. The van der Waals surface area contributed by atoms with Crippen LogP contribution in [0.15, 0.2) is 48.5 Å². The molecule has 8 N–H and O–H groups in total. The number of benzene rings is 4. The number of phenolic OH excluding ortho intramolecular Hbond substituents is 8. The van der Waals surface area contributed by atoms with Crippen LogP contribution in [0.5, 0.6) is 46.0 Å². The van der Waals surface area contributed by atoms with Crippen LogP contribution in [-0.2, 0) is 0 Å². The molecule has 0 saturated heterocycles. The first-order valence-corrected chi connectivity index (χ1v) is 33.6. The summed E-state index contributed by atoms with van der Waals surface area (Å²) in [5.74, 6) is -318. The predicted octanol–water partition coefficient (Wildman–Crippen LogP) is 27.8. The van der Waals surface area contributed by atoms with Crippen molar-refractivity contribution in [3.8, 4) is 46.0 Å². The molecular formula is C64H28F68O8. The van der Waals surface area contributed by atoms with Gasteiger partial charge in [-0.15, -0.1) is 0 Å². The predicted molar refractivity (Wildman–Crippen MR) is 308 cm³/mol. The van der Waals surface area contributed by atoms with Crippen molar-refractivity contribution < 1.29 is 339 Å². The summed E-state index contributed by atoms with van der Waals surface area (Å²) < 4.78 is 1010. The van der Waals surface area contributed by atoms with Crippen LogP contribution in [-0.4, -0.2) is 231 Å². The molecule has 0 aliphatic heterocycles. The summed E-state index contributed by atoms with van der Waals surface area (Å²) in [4.78, 5) is 0. The van der Waals surface area contributed by atoms with Gasteiger partial charge in [0.15, 0.2) is 0 Å². The Balaban J connectivity index is 2.33. The van der Waals surface area contributed by atoms with Gasteiger partial charge in [-0.3, -0.25) is 0 Å². The minimum atomic E-state index is -10.1. The van der Waals surface area contributed by atoms with E-state index in [1.54, 1.807) is 0 Å². The monoisotopic (exact) mass is 2220 g/mol. The summed E-state index contributed by atoms with van der Waals surface area (Å²) in [6, 6.07) is -13.9. The Morgan fingerprint density at radius 1 is 0.121 bits per heavy atom. The lowest BCUT2D eigenvalue weighted by Crippen LogP contribution is -2.74. The summed E-state index contributed by atoms with van der Waals surface area (Å²) in [7, 11) is 0. The fourth-order valence-electron chi connectivity index (χ4n) is 12.6. The van der Waals surface area contributed by atoms with Gasteiger partial charge in [0.2, 0.25) is 0 Å². The molecule has 1 aliphatic rings. The average Bonchev–Trinajstić information content (AvgIpc) is 0.701. The van der Waals surface area contributed by atoms with E-state index in [1.165, 1.54) is 0 Å². The van der Waals surface area contributed by atoms with Crippen LogP contribution in [0, 0.1) is 0 Å². The molecule has 140 heavy (non-hydrogen) atoms. The van der Waals surface area contributed by atoms with Gasteiger partial charge in [-0.2, -0.15) is 299 Å². The van der Waals surface area contributed by atoms with Crippen LogP contribution in [0.3, 0.4) is 0 Å². The third-order valence-corrected chi connectivity index (χ3v) is 20.7. The number of halogens is 68. The van der Waals surface area contributed by atoms with E-state index in [2.05, 4.69) is 0 Å². The first-order valence-electron chi connectivity index (χ1n) is 33.6. The SMILES string of the molecule is Oc1cc(O)c2cc1C(CC(F)(F)C(F)(F)C(F)(F)C(F)(F)C(F)(F)C(F)(F)C(F)(F)C(F)(F)F)c1cc(c(O)cc1O)C(CC(F)(F)C(F)(F)C(F)(F)C(F)(F)C(F)(F)C(F)(F)C(F)(F)C(F)(F)F)c1cc(c(O)cc1O)C(CC(F)(F)C(F)(F)C(F)(F)C(F)(F)C(F)(F)C(F)(F)C(F)(F)C(F)(F)F)c1cc(c(O)cc1O)C2CC(F)(F)C(F)(F)C(F)(F)C(F)(F)C(F)(F)C(F)(F)C(F)(F)C(F)(F)F. The Bertz CT molecular complexity index is 4520. The molecule has 808 valence electrons. The highest BCUT2D eigenvalue weighted by atomic mass is 19.5. The minimum absolute atomic E-state index is 1.62. The molecule has 5 rings (SSSR count). The summed E-state index contributed by atoms with van der Waals surface area (Å²) >= 11 is 0. The molecule has 0 heterocycles. The summed E-state index contributed by atoms with van der Waals surface area (Å²) in [6.45, 7) is 0. The van der Waals surface area contributed by atoms with E-state index in [0.29, 0.717) is 0 Å². The van der Waals surface area contributed by atoms with Crippen LogP contribution in [0.2, 0.25) is 0 Å². The lowest BCUT2D eigenvalue weighted by Gasteiger charge is -2.43. The van der Waals surface area contributed by atoms with Gasteiger partial charge in [0.05, 0.1) is 0 Å². The van der Waals surface area contributed by atoms with E-state index in [9.17, 15) is 199 Å². The van der Waals surface area contributed by atoms with Crippen molar-refractivity contribution in [2.45, 2.75) is 240 Å². The second-order valence-electron chi connectivity index (χ2n) is 29.5. The number of fused-ring (bicyclic) bond motifs is 8. The molecule has 0 atom stereocenters. The topological polar surface area (TPSA) is 162 Å². The zero-order chi connectivity index (χ0) is 112. The van der Waals surface area contributed by atoms with Crippen molar-refractivity contribution in [2.75, 3.05) is 0 Å². The molecule has 0 amide bonds. The van der Waals surface area contributed by atoms with E-state index in [1.807, 2.05) is 0 Å². The fourth-order valence-corrected chi connectivity index (χ4v) is 12.6. The number of aromatic hydroxyl groups is 8. The van der Waals surface area contributed by atoms with E-state index >= 15 is 140 Å². The maximum absolute atomic E-state index is 16.8. The van der Waals surface area contributed by atoms with Crippen molar-refractivity contribution in [2.24, 2.45) is 0 Å². The molecule has 4 aromatic rings. The maximum Gasteiger partial charge on any atom is 0.460 e. The van der Waals surface area contributed by atoms with E-state index in [-0.39, 0.29) is 0 Å². The molecular weight excluding hydrogens is 2190 g/mol. The normalized spacial score (nSPS) is 18.5. The first-order chi connectivity index (χ1) is 60.5. The maximum atomic E-state index is 16.8.